The Kier molecular flexibility index (Phi) is 9.63. The van der Waals surface area contributed by atoms with Gasteiger partial charge in [-0.2, -0.15) is 0 Å². The van der Waals surface area contributed by atoms with Crippen LogP contribution in [0.25, 0.3) is 0 Å². The summed E-state index contributed by atoms with van der Waals surface area (Å²) in [6, 6.07) is 3.80. The smallest absolute Gasteiger partial charge is 0.243 e. The molecule has 2 aromatic heterocycles. The molecule has 2 aromatic rings. The topological polar surface area (TPSA) is 82.8 Å². The van der Waals surface area contributed by atoms with E-state index in [1.54, 1.807) is 31.7 Å². The molecule has 0 saturated heterocycles. The molecular formula is C17H26IN5O2S. The van der Waals surface area contributed by atoms with E-state index in [0.717, 1.165) is 22.9 Å². The van der Waals surface area contributed by atoms with Gasteiger partial charge in [0.1, 0.15) is 17.3 Å². The summed E-state index contributed by atoms with van der Waals surface area (Å²) in [7, 11) is 3.44. The molecule has 2 heterocycles. The van der Waals surface area contributed by atoms with Crippen molar-refractivity contribution < 1.29 is 9.21 Å². The molecule has 144 valence electrons. The average Bonchev–Trinajstić information content (AvgIpc) is 3.19. The minimum atomic E-state index is -0.0481. The van der Waals surface area contributed by atoms with Gasteiger partial charge in [-0.05, 0) is 26.0 Å². The summed E-state index contributed by atoms with van der Waals surface area (Å²) in [6.07, 6.45) is 2.40. The Bertz CT molecular complexity index is 693. The highest BCUT2D eigenvalue weighted by molar-refractivity contribution is 14.0. The summed E-state index contributed by atoms with van der Waals surface area (Å²) in [5.74, 6) is 1.45. The molecule has 0 saturated carbocycles. The third-order valence-electron chi connectivity index (χ3n) is 3.60. The fraction of sp³-hybridized carbons (Fsp3) is 0.471. The summed E-state index contributed by atoms with van der Waals surface area (Å²) >= 11 is 1.66. The Morgan fingerprint density at radius 2 is 2.12 bits per heavy atom. The summed E-state index contributed by atoms with van der Waals surface area (Å²) in [6.45, 7) is 5.39. The van der Waals surface area contributed by atoms with E-state index >= 15 is 0 Å². The van der Waals surface area contributed by atoms with Crippen LogP contribution in [0.15, 0.2) is 27.8 Å². The molecule has 2 rings (SSSR count). The van der Waals surface area contributed by atoms with Gasteiger partial charge in [-0.1, -0.05) is 0 Å². The molecule has 0 unspecified atom stereocenters. The number of amides is 1. The first kappa shape index (κ1) is 22.4. The minimum absolute atomic E-state index is 0. The van der Waals surface area contributed by atoms with Crippen LogP contribution >= 0.6 is 35.3 Å². The van der Waals surface area contributed by atoms with Crippen molar-refractivity contribution in [3.05, 3.63) is 39.7 Å². The second-order valence-corrected chi connectivity index (χ2v) is 7.10. The van der Waals surface area contributed by atoms with Crippen LogP contribution in [-0.2, 0) is 17.8 Å². The lowest BCUT2D eigenvalue weighted by Crippen LogP contribution is -2.39. The average molecular weight is 491 g/mol. The first-order valence-corrected chi connectivity index (χ1v) is 8.95. The number of aromatic nitrogens is 1. The van der Waals surface area contributed by atoms with E-state index in [1.807, 2.05) is 19.1 Å². The number of nitrogens with zero attached hydrogens (tertiary/aromatic N) is 3. The predicted octanol–water partition coefficient (Wildman–Crippen LogP) is 2.34. The molecular weight excluding hydrogens is 465 g/mol. The molecule has 2 N–H and O–H groups in total. The van der Waals surface area contributed by atoms with Crippen LogP contribution in [0.1, 0.15) is 21.3 Å². The fourth-order valence-corrected chi connectivity index (χ4v) is 2.87. The van der Waals surface area contributed by atoms with Crippen molar-refractivity contribution in [3.63, 3.8) is 0 Å². The Morgan fingerprint density at radius 3 is 2.69 bits per heavy atom. The maximum Gasteiger partial charge on any atom is 0.243 e. The molecule has 7 nitrogen and oxygen atoms in total. The standard InChI is InChI=1S/C17H25N5O2S.HI/c1-12-13(2)25-15(21-12)10-19-17(20-11-16(23)22(3)4)18-8-7-14-6-5-9-24-14;/h5-6,9H,7-8,10-11H2,1-4H3,(H2,18,19,20);1H. The number of halogens is 1. The number of thiazole rings is 1. The van der Waals surface area contributed by atoms with Crippen molar-refractivity contribution in [2.24, 2.45) is 4.99 Å². The molecule has 9 heteroatoms. The van der Waals surface area contributed by atoms with Crippen LogP contribution in [0.3, 0.4) is 0 Å². The molecule has 0 bridgehead atoms. The van der Waals surface area contributed by atoms with E-state index in [-0.39, 0.29) is 36.4 Å². The third kappa shape index (κ3) is 7.32. The monoisotopic (exact) mass is 491 g/mol. The Hall–Kier alpha value is -1.62. The Labute approximate surface area is 175 Å². The van der Waals surface area contributed by atoms with Gasteiger partial charge in [0.25, 0.3) is 0 Å². The lowest BCUT2D eigenvalue weighted by molar-refractivity contribution is -0.127. The zero-order valence-electron chi connectivity index (χ0n) is 15.5. The number of aryl methyl sites for hydroxylation is 2. The largest absolute Gasteiger partial charge is 0.469 e. The van der Waals surface area contributed by atoms with Crippen molar-refractivity contribution in [2.45, 2.75) is 26.8 Å². The molecule has 0 radical (unpaired) electrons. The van der Waals surface area contributed by atoms with Crippen LogP contribution in [0, 0.1) is 13.8 Å². The second kappa shape index (κ2) is 11.2. The molecule has 1 amide bonds. The molecule has 26 heavy (non-hydrogen) atoms. The van der Waals surface area contributed by atoms with Crippen LogP contribution in [-0.4, -0.2) is 48.9 Å². The van der Waals surface area contributed by atoms with Crippen LogP contribution in [0.5, 0.6) is 0 Å². The highest BCUT2D eigenvalue weighted by atomic mass is 127. The normalized spacial score (nSPS) is 11.0. The number of guanidine groups is 1. The van der Waals surface area contributed by atoms with Crippen molar-refractivity contribution in [1.82, 2.24) is 20.5 Å². The lowest BCUT2D eigenvalue weighted by Gasteiger charge is -2.12. The fourth-order valence-electron chi connectivity index (χ4n) is 2.00. The van der Waals surface area contributed by atoms with Crippen molar-refractivity contribution in [3.8, 4) is 0 Å². The van der Waals surface area contributed by atoms with Gasteiger partial charge in [-0.25, -0.2) is 9.98 Å². The van der Waals surface area contributed by atoms with Crippen molar-refractivity contribution in [1.29, 1.82) is 0 Å². The van der Waals surface area contributed by atoms with Crippen LogP contribution < -0.4 is 10.6 Å². The molecule has 0 atom stereocenters. The second-order valence-electron chi connectivity index (χ2n) is 5.81. The number of hydrogen-bond acceptors (Lipinski definition) is 5. The number of aliphatic imine (C=N–C) groups is 1. The lowest BCUT2D eigenvalue weighted by atomic mass is 10.3. The maximum absolute atomic E-state index is 11.8. The van der Waals surface area contributed by atoms with Gasteiger partial charge in [0.05, 0.1) is 18.5 Å². The first-order valence-electron chi connectivity index (χ1n) is 8.13. The van der Waals surface area contributed by atoms with Crippen LogP contribution in [0.2, 0.25) is 0 Å². The Morgan fingerprint density at radius 1 is 1.35 bits per heavy atom. The number of rotatable bonds is 7. The number of nitrogens with one attached hydrogen (secondary N) is 2. The van der Waals surface area contributed by atoms with E-state index < -0.39 is 0 Å². The van der Waals surface area contributed by atoms with Crippen molar-refractivity contribution in [2.75, 3.05) is 27.2 Å². The van der Waals surface area contributed by atoms with E-state index in [1.165, 1.54) is 9.78 Å². The number of carbonyl (C=O) groups excluding carboxylic acids is 1. The minimum Gasteiger partial charge on any atom is -0.469 e. The first-order chi connectivity index (χ1) is 12.0. The third-order valence-corrected chi connectivity index (χ3v) is 4.67. The number of carbonyl (C=O) groups is 1. The highest BCUT2D eigenvalue weighted by Gasteiger charge is 2.07. The quantitative estimate of drug-likeness (QED) is 0.353. The van der Waals surface area contributed by atoms with Gasteiger partial charge in [0.2, 0.25) is 5.91 Å². The maximum atomic E-state index is 11.8. The molecule has 0 spiro atoms. The zero-order valence-corrected chi connectivity index (χ0v) is 18.7. The summed E-state index contributed by atoms with van der Waals surface area (Å²) in [5, 5.41) is 7.46. The van der Waals surface area contributed by atoms with Crippen LogP contribution in [0.4, 0.5) is 0 Å². The molecule has 0 aliphatic rings. The van der Waals surface area contributed by atoms with Gasteiger partial charge in [-0.15, -0.1) is 35.3 Å². The van der Waals surface area contributed by atoms with Gasteiger partial charge in [-0.3, -0.25) is 4.79 Å². The summed E-state index contributed by atoms with van der Waals surface area (Å²) in [5.41, 5.74) is 1.05. The van der Waals surface area contributed by atoms with Gasteiger partial charge in [0.15, 0.2) is 5.96 Å². The van der Waals surface area contributed by atoms with Gasteiger partial charge >= 0.3 is 0 Å². The van der Waals surface area contributed by atoms with E-state index in [2.05, 4.69) is 27.5 Å². The van der Waals surface area contributed by atoms with Gasteiger partial charge < -0.3 is 20.0 Å². The van der Waals surface area contributed by atoms with Gasteiger partial charge in [0, 0.05) is 31.9 Å². The summed E-state index contributed by atoms with van der Waals surface area (Å²) < 4.78 is 5.32. The molecule has 0 aliphatic heterocycles. The summed E-state index contributed by atoms with van der Waals surface area (Å²) in [4.78, 5) is 23.4. The molecule has 0 fully saturated rings. The predicted molar refractivity (Wildman–Crippen MR) is 115 cm³/mol. The number of furan rings is 1. The molecule has 0 aliphatic carbocycles. The zero-order chi connectivity index (χ0) is 18.2. The highest BCUT2D eigenvalue weighted by Crippen LogP contribution is 2.15. The van der Waals surface area contributed by atoms with E-state index in [0.29, 0.717) is 19.0 Å². The number of hydrogen-bond donors (Lipinski definition) is 2. The number of likely N-dealkylation sites (N-methyl/N-ethyl adjacent to an activating group) is 1. The van der Waals surface area contributed by atoms with Crippen molar-refractivity contribution >= 4 is 47.2 Å². The molecule has 0 aromatic carbocycles. The Balaban J connectivity index is 0.00000338. The van der Waals surface area contributed by atoms with E-state index in [4.69, 9.17) is 4.42 Å². The van der Waals surface area contributed by atoms with E-state index in [9.17, 15) is 4.79 Å². The SMILES string of the molecule is Cc1nc(CNC(=NCC(=O)N(C)C)NCCc2ccco2)sc1C.I.